The molecule has 0 aromatic carbocycles. The zero-order valence-electron chi connectivity index (χ0n) is 5.57. The second kappa shape index (κ2) is 4.65. The van der Waals surface area contributed by atoms with E-state index in [-0.39, 0.29) is 0 Å². The van der Waals surface area contributed by atoms with Gasteiger partial charge in [-0.2, -0.15) is 0 Å². The minimum absolute atomic E-state index is 0.646. The summed E-state index contributed by atoms with van der Waals surface area (Å²) in [6, 6.07) is 0. The van der Waals surface area contributed by atoms with Crippen molar-refractivity contribution in [3.8, 4) is 0 Å². The van der Waals surface area contributed by atoms with E-state index in [9.17, 15) is 0 Å². The van der Waals surface area contributed by atoms with Crippen LogP contribution in [0.25, 0.3) is 0 Å². The molecule has 0 atom stereocenters. The first-order chi connectivity index (χ1) is 3.81. The van der Waals surface area contributed by atoms with E-state index in [0.29, 0.717) is 6.54 Å². The van der Waals surface area contributed by atoms with E-state index in [1.54, 1.807) is 0 Å². The summed E-state index contributed by atoms with van der Waals surface area (Å²) in [5.74, 6) is 0. The van der Waals surface area contributed by atoms with Gasteiger partial charge in [0.15, 0.2) is 0 Å². The third kappa shape index (κ3) is 3.68. The smallest absolute Gasteiger partial charge is 0.0151 e. The molecule has 0 aromatic rings. The predicted octanol–water partition coefficient (Wildman–Crippen LogP) is 0.458. The first-order valence-electron chi connectivity index (χ1n) is 2.90. The standard InChI is InChI=1S/C6H14N2/c1-3-8-5-6(2)4-7/h5,8H,3-4,7H2,1-2H3/b6-5-. The Morgan fingerprint density at radius 2 is 2.38 bits per heavy atom. The summed E-state index contributed by atoms with van der Waals surface area (Å²) in [6.45, 7) is 5.67. The molecule has 0 amide bonds. The molecule has 0 spiro atoms. The Balaban J connectivity index is 3.26. The maximum absolute atomic E-state index is 5.30. The summed E-state index contributed by atoms with van der Waals surface area (Å²) >= 11 is 0. The number of hydrogen-bond donors (Lipinski definition) is 2. The van der Waals surface area contributed by atoms with Crippen LogP contribution in [-0.4, -0.2) is 13.1 Å². The number of hydrogen-bond acceptors (Lipinski definition) is 2. The quantitative estimate of drug-likeness (QED) is 0.559. The molecule has 8 heavy (non-hydrogen) atoms. The summed E-state index contributed by atoms with van der Waals surface area (Å²) < 4.78 is 0. The van der Waals surface area contributed by atoms with E-state index >= 15 is 0 Å². The Kier molecular flexibility index (Phi) is 4.36. The van der Waals surface area contributed by atoms with Crippen LogP contribution in [0.15, 0.2) is 11.8 Å². The maximum Gasteiger partial charge on any atom is 0.0151 e. The average Bonchev–Trinajstić information content (AvgIpc) is 1.83. The second-order valence-corrected chi connectivity index (χ2v) is 1.75. The van der Waals surface area contributed by atoms with Crippen molar-refractivity contribution in [1.82, 2.24) is 5.32 Å². The number of nitrogens with two attached hydrogens (primary N) is 1. The van der Waals surface area contributed by atoms with Crippen molar-refractivity contribution >= 4 is 0 Å². The van der Waals surface area contributed by atoms with Crippen LogP contribution in [-0.2, 0) is 0 Å². The number of nitrogens with one attached hydrogen (secondary N) is 1. The van der Waals surface area contributed by atoms with Gasteiger partial charge < -0.3 is 11.1 Å². The molecule has 2 heteroatoms. The highest BCUT2D eigenvalue weighted by molar-refractivity contribution is 4.96. The molecule has 0 fully saturated rings. The Labute approximate surface area is 50.8 Å². The summed E-state index contributed by atoms with van der Waals surface area (Å²) in [7, 11) is 0. The lowest BCUT2D eigenvalue weighted by Crippen LogP contribution is -2.07. The monoisotopic (exact) mass is 114 g/mol. The summed E-state index contributed by atoms with van der Waals surface area (Å²) in [6.07, 6.45) is 1.94. The fourth-order valence-electron chi connectivity index (χ4n) is 0.335. The van der Waals surface area contributed by atoms with Crippen LogP contribution in [0.5, 0.6) is 0 Å². The molecule has 0 rings (SSSR count). The zero-order chi connectivity index (χ0) is 6.41. The molecule has 0 heterocycles. The van der Waals surface area contributed by atoms with Crippen molar-refractivity contribution in [3.05, 3.63) is 11.8 Å². The van der Waals surface area contributed by atoms with Crippen LogP contribution < -0.4 is 11.1 Å². The topological polar surface area (TPSA) is 38.0 Å². The van der Waals surface area contributed by atoms with Crippen molar-refractivity contribution in [2.24, 2.45) is 5.73 Å². The predicted molar refractivity (Wildman–Crippen MR) is 36.5 cm³/mol. The molecule has 0 bridgehead atoms. The minimum Gasteiger partial charge on any atom is -0.391 e. The molecule has 3 N–H and O–H groups in total. The van der Waals surface area contributed by atoms with E-state index in [1.165, 1.54) is 5.57 Å². The third-order valence-corrected chi connectivity index (χ3v) is 0.875. The van der Waals surface area contributed by atoms with Crippen LogP contribution in [0.4, 0.5) is 0 Å². The highest BCUT2D eigenvalue weighted by atomic mass is 14.8. The van der Waals surface area contributed by atoms with Gasteiger partial charge in [0.2, 0.25) is 0 Å². The Hall–Kier alpha value is -0.500. The normalized spacial score (nSPS) is 11.6. The Bertz CT molecular complexity index is 76.6. The summed E-state index contributed by atoms with van der Waals surface area (Å²) in [4.78, 5) is 0. The van der Waals surface area contributed by atoms with E-state index < -0.39 is 0 Å². The molecule has 2 nitrogen and oxygen atoms in total. The molecule has 0 aliphatic carbocycles. The highest BCUT2D eigenvalue weighted by Crippen LogP contribution is 1.81. The van der Waals surface area contributed by atoms with E-state index in [1.807, 2.05) is 13.1 Å². The Morgan fingerprint density at radius 3 is 2.75 bits per heavy atom. The van der Waals surface area contributed by atoms with Gasteiger partial charge in [-0.1, -0.05) is 0 Å². The molecule has 0 aliphatic rings. The van der Waals surface area contributed by atoms with Crippen LogP contribution >= 0.6 is 0 Å². The Morgan fingerprint density at radius 1 is 1.75 bits per heavy atom. The first-order valence-corrected chi connectivity index (χ1v) is 2.90. The highest BCUT2D eigenvalue weighted by Gasteiger charge is 1.78. The molecule has 0 aliphatic heterocycles. The first kappa shape index (κ1) is 7.50. The molecule has 0 aromatic heterocycles. The average molecular weight is 114 g/mol. The van der Waals surface area contributed by atoms with Crippen molar-refractivity contribution in [2.75, 3.05) is 13.1 Å². The molecule has 0 unspecified atom stereocenters. The molecular formula is C6H14N2. The fourth-order valence-corrected chi connectivity index (χ4v) is 0.335. The molecule has 0 radical (unpaired) electrons. The SMILES string of the molecule is CCN/C=C(/C)CN. The van der Waals surface area contributed by atoms with Gasteiger partial charge in [0.25, 0.3) is 0 Å². The van der Waals surface area contributed by atoms with Gasteiger partial charge in [-0.3, -0.25) is 0 Å². The summed E-state index contributed by atoms with van der Waals surface area (Å²) in [5.41, 5.74) is 6.49. The number of rotatable bonds is 3. The van der Waals surface area contributed by atoms with Gasteiger partial charge in [0, 0.05) is 13.1 Å². The lowest BCUT2D eigenvalue weighted by atomic mass is 10.3. The van der Waals surface area contributed by atoms with Gasteiger partial charge >= 0.3 is 0 Å². The van der Waals surface area contributed by atoms with Crippen LogP contribution in [0.2, 0.25) is 0 Å². The van der Waals surface area contributed by atoms with E-state index in [0.717, 1.165) is 6.54 Å². The minimum atomic E-state index is 0.646. The molecule has 48 valence electrons. The summed E-state index contributed by atoms with van der Waals surface area (Å²) in [5, 5.41) is 3.06. The van der Waals surface area contributed by atoms with E-state index in [2.05, 4.69) is 12.2 Å². The maximum atomic E-state index is 5.30. The largest absolute Gasteiger partial charge is 0.391 e. The fraction of sp³-hybridized carbons (Fsp3) is 0.667. The van der Waals surface area contributed by atoms with Crippen LogP contribution in [0.1, 0.15) is 13.8 Å². The zero-order valence-corrected chi connectivity index (χ0v) is 5.57. The van der Waals surface area contributed by atoms with Crippen molar-refractivity contribution < 1.29 is 0 Å². The van der Waals surface area contributed by atoms with Gasteiger partial charge in [-0.15, -0.1) is 0 Å². The van der Waals surface area contributed by atoms with Gasteiger partial charge in [0.05, 0.1) is 0 Å². The third-order valence-electron chi connectivity index (χ3n) is 0.875. The van der Waals surface area contributed by atoms with Crippen LogP contribution in [0, 0.1) is 0 Å². The molecule has 0 saturated heterocycles. The van der Waals surface area contributed by atoms with Gasteiger partial charge in [0.1, 0.15) is 0 Å². The lowest BCUT2D eigenvalue weighted by Gasteiger charge is -1.95. The van der Waals surface area contributed by atoms with Crippen molar-refractivity contribution in [3.63, 3.8) is 0 Å². The lowest BCUT2D eigenvalue weighted by molar-refractivity contribution is 0.899. The van der Waals surface area contributed by atoms with Crippen LogP contribution in [0.3, 0.4) is 0 Å². The van der Waals surface area contributed by atoms with Gasteiger partial charge in [-0.25, -0.2) is 0 Å². The van der Waals surface area contributed by atoms with Gasteiger partial charge in [-0.05, 0) is 25.6 Å². The second-order valence-electron chi connectivity index (χ2n) is 1.75. The molecule has 0 saturated carbocycles. The molecular weight excluding hydrogens is 100 g/mol. The van der Waals surface area contributed by atoms with E-state index in [4.69, 9.17) is 5.73 Å². The van der Waals surface area contributed by atoms with Crippen molar-refractivity contribution in [1.29, 1.82) is 0 Å². The van der Waals surface area contributed by atoms with Crippen molar-refractivity contribution in [2.45, 2.75) is 13.8 Å².